The lowest BCUT2D eigenvalue weighted by Gasteiger charge is -2.09. The first kappa shape index (κ1) is 14.4. The molecule has 0 aliphatic carbocycles. The van der Waals surface area contributed by atoms with Crippen molar-refractivity contribution in [3.8, 4) is 5.75 Å². The van der Waals surface area contributed by atoms with Crippen molar-refractivity contribution in [3.05, 3.63) is 48.3 Å². The van der Waals surface area contributed by atoms with E-state index in [4.69, 9.17) is 4.74 Å². The summed E-state index contributed by atoms with van der Waals surface area (Å²) >= 11 is 0. The van der Waals surface area contributed by atoms with E-state index in [9.17, 15) is 8.42 Å². The van der Waals surface area contributed by atoms with Crippen LogP contribution in [-0.4, -0.2) is 25.5 Å². The molecule has 6 nitrogen and oxygen atoms in total. The Hall–Kier alpha value is -2.54. The summed E-state index contributed by atoms with van der Waals surface area (Å²) < 4.78 is 32.6. The molecule has 7 heteroatoms. The molecule has 0 saturated carbocycles. The molecule has 0 saturated heterocycles. The van der Waals surface area contributed by atoms with E-state index in [1.807, 2.05) is 6.92 Å². The molecule has 2 N–H and O–H groups in total. The van der Waals surface area contributed by atoms with E-state index in [0.717, 1.165) is 11.3 Å². The lowest BCUT2D eigenvalue weighted by Crippen LogP contribution is -2.12. The minimum absolute atomic E-state index is 0.173. The van der Waals surface area contributed by atoms with Crippen molar-refractivity contribution in [1.82, 2.24) is 9.97 Å². The monoisotopic (exact) mass is 317 g/mol. The van der Waals surface area contributed by atoms with Gasteiger partial charge >= 0.3 is 0 Å². The molecule has 1 aromatic heterocycles. The van der Waals surface area contributed by atoms with Crippen molar-refractivity contribution >= 4 is 26.7 Å². The second-order valence-corrected chi connectivity index (χ2v) is 6.52. The molecule has 0 spiro atoms. The lowest BCUT2D eigenvalue weighted by molar-refractivity contribution is 0.415. The van der Waals surface area contributed by atoms with Gasteiger partial charge in [0.2, 0.25) is 0 Å². The number of sulfonamides is 1. The topological polar surface area (TPSA) is 84.1 Å². The van der Waals surface area contributed by atoms with Gasteiger partial charge in [0.25, 0.3) is 10.0 Å². The highest BCUT2D eigenvalue weighted by Crippen LogP contribution is 2.22. The maximum Gasteiger partial charge on any atom is 0.261 e. The van der Waals surface area contributed by atoms with Gasteiger partial charge in [-0.25, -0.2) is 13.4 Å². The van der Waals surface area contributed by atoms with Crippen LogP contribution in [0, 0.1) is 6.92 Å². The van der Waals surface area contributed by atoms with Gasteiger partial charge in [0.15, 0.2) is 0 Å². The van der Waals surface area contributed by atoms with Crippen LogP contribution < -0.4 is 9.46 Å². The fourth-order valence-corrected chi connectivity index (χ4v) is 3.26. The van der Waals surface area contributed by atoms with Crippen LogP contribution in [0.4, 0.5) is 5.69 Å². The first-order valence-electron chi connectivity index (χ1n) is 6.61. The Labute approximate surface area is 128 Å². The number of benzene rings is 2. The van der Waals surface area contributed by atoms with E-state index >= 15 is 0 Å². The fraction of sp³-hybridized carbons (Fsp3) is 0.133. The third-order valence-electron chi connectivity index (χ3n) is 3.20. The Morgan fingerprint density at radius 2 is 2.00 bits per heavy atom. The normalized spacial score (nSPS) is 11.5. The van der Waals surface area contributed by atoms with Gasteiger partial charge in [-0.3, -0.25) is 4.72 Å². The SMILES string of the molecule is COc1cccc(NS(=O)(=O)c2ccc3nc(C)[nH]c3c2)c1. The number of hydrogen-bond acceptors (Lipinski definition) is 4. The van der Waals surface area contributed by atoms with Crippen LogP contribution in [-0.2, 0) is 10.0 Å². The molecule has 1 heterocycles. The number of rotatable bonds is 4. The van der Waals surface area contributed by atoms with Crippen molar-refractivity contribution in [3.63, 3.8) is 0 Å². The van der Waals surface area contributed by atoms with E-state index < -0.39 is 10.0 Å². The van der Waals surface area contributed by atoms with Crippen molar-refractivity contribution < 1.29 is 13.2 Å². The van der Waals surface area contributed by atoms with Crippen LogP contribution >= 0.6 is 0 Å². The molecule has 114 valence electrons. The van der Waals surface area contributed by atoms with Crippen molar-refractivity contribution in [1.29, 1.82) is 0 Å². The van der Waals surface area contributed by atoms with Crippen LogP contribution in [0.25, 0.3) is 11.0 Å². The van der Waals surface area contributed by atoms with Crippen LogP contribution in [0.2, 0.25) is 0 Å². The summed E-state index contributed by atoms with van der Waals surface area (Å²) in [4.78, 5) is 7.46. The Bertz CT molecular complexity index is 932. The lowest BCUT2D eigenvalue weighted by atomic mass is 10.3. The zero-order valence-corrected chi connectivity index (χ0v) is 12.9. The van der Waals surface area contributed by atoms with E-state index in [0.29, 0.717) is 17.0 Å². The molecule has 0 aliphatic rings. The van der Waals surface area contributed by atoms with E-state index in [-0.39, 0.29) is 4.90 Å². The van der Waals surface area contributed by atoms with Gasteiger partial charge in [0.05, 0.1) is 28.7 Å². The Balaban J connectivity index is 1.96. The zero-order valence-electron chi connectivity index (χ0n) is 12.1. The number of ether oxygens (including phenoxy) is 1. The number of H-pyrrole nitrogens is 1. The number of methoxy groups -OCH3 is 1. The van der Waals surface area contributed by atoms with Crippen molar-refractivity contribution in [2.24, 2.45) is 0 Å². The van der Waals surface area contributed by atoms with Crippen LogP contribution in [0.3, 0.4) is 0 Å². The number of hydrogen-bond donors (Lipinski definition) is 2. The van der Waals surface area contributed by atoms with E-state index in [1.165, 1.54) is 13.2 Å². The van der Waals surface area contributed by atoms with Gasteiger partial charge in [0.1, 0.15) is 11.6 Å². The summed E-state index contributed by atoms with van der Waals surface area (Å²) in [6.07, 6.45) is 0. The van der Waals surface area contributed by atoms with Crippen LogP contribution in [0.15, 0.2) is 47.4 Å². The third-order valence-corrected chi connectivity index (χ3v) is 4.58. The van der Waals surface area contributed by atoms with E-state index in [1.54, 1.807) is 36.4 Å². The third kappa shape index (κ3) is 2.75. The van der Waals surface area contributed by atoms with E-state index in [2.05, 4.69) is 14.7 Å². The Morgan fingerprint density at radius 1 is 1.18 bits per heavy atom. The zero-order chi connectivity index (χ0) is 15.7. The van der Waals surface area contributed by atoms with Gasteiger partial charge in [-0.2, -0.15) is 0 Å². The largest absolute Gasteiger partial charge is 0.497 e. The summed E-state index contributed by atoms with van der Waals surface area (Å²) in [6, 6.07) is 11.5. The number of nitrogens with one attached hydrogen (secondary N) is 2. The summed E-state index contributed by atoms with van der Waals surface area (Å²) in [5.41, 5.74) is 1.86. The van der Waals surface area contributed by atoms with Crippen LogP contribution in [0.1, 0.15) is 5.82 Å². The summed E-state index contributed by atoms with van der Waals surface area (Å²) in [6.45, 7) is 1.82. The molecule has 0 radical (unpaired) electrons. The van der Waals surface area contributed by atoms with Gasteiger partial charge in [-0.05, 0) is 37.3 Å². The molecule has 3 rings (SSSR count). The predicted molar refractivity (Wildman–Crippen MR) is 84.6 cm³/mol. The standard InChI is InChI=1S/C15H15N3O3S/c1-10-16-14-7-6-13(9-15(14)17-10)22(19,20)18-11-4-3-5-12(8-11)21-2/h3-9,18H,1-2H3,(H,16,17). The maximum atomic E-state index is 12.5. The molecule has 22 heavy (non-hydrogen) atoms. The Morgan fingerprint density at radius 3 is 2.77 bits per heavy atom. The van der Waals surface area contributed by atoms with Gasteiger partial charge in [-0.1, -0.05) is 6.07 Å². The molecule has 0 atom stereocenters. The number of aromatic amines is 1. The molecule has 0 unspecified atom stereocenters. The number of imidazole rings is 1. The molecular weight excluding hydrogens is 302 g/mol. The van der Waals surface area contributed by atoms with Gasteiger partial charge < -0.3 is 9.72 Å². The minimum Gasteiger partial charge on any atom is -0.497 e. The summed E-state index contributed by atoms with van der Waals surface area (Å²) in [5, 5.41) is 0. The number of anilines is 1. The second-order valence-electron chi connectivity index (χ2n) is 4.84. The minimum atomic E-state index is -3.67. The molecule has 0 fully saturated rings. The first-order chi connectivity index (χ1) is 10.5. The molecule has 2 aromatic carbocycles. The highest BCUT2D eigenvalue weighted by Gasteiger charge is 2.15. The summed E-state index contributed by atoms with van der Waals surface area (Å²) in [7, 11) is -2.14. The number of fused-ring (bicyclic) bond motifs is 1. The average molecular weight is 317 g/mol. The number of aromatic nitrogens is 2. The van der Waals surface area contributed by atoms with Crippen molar-refractivity contribution in [2.75, 3.05) is 11.8 Å². The summed E-state index contributed by atoms with van der Waals surface area (Å²) in [5.74, 6) is 1.32. The Kier molecular flexibility index (Phi) is 3.50. The van der Waals surface area contributed by atoms with Crippen LogP contribution in [0.5, 0.6) is 5.75 Å². The molecular formula is C15H15N3O3S. The predicted octanol–water partition coefficient (Wildman–Crippen LogP) is 2.68. The smallest absolute Gasteiger partial charge is 0.261 e. The van der Waals surface area contributed by atoms with Gasteiger partial charge in [0, 0.05) is 6.07 Å². The quantitative estimate of drug-likeness (QED) is 0.775. The average Bonchev–Trinajstić information content (AvgIpc) is 2.86. The highest BCUT2D eigenvalue weighted by molar-refractivity contribution is 7.92. The van der Waals surface area contributed by atoms with Crippen molar-refractivity contribution in [2.45, 2.75) is 11.8 Å². The highest BCUT2D eigenvalue weighted by atomic mass is 32.2. The molecule has 3 aromatic rings. The fourth-order valence-electron chi connectivity index (χ4n) is 2.18. The number of aryl methyl sites for hydroxylation is 1. The van der Waals surface area contributed by atoms with Gasteiger partial charge in [-0.15, -0.1) is 0 Å². The molecule has 0 amide bonds. The maximum absolute atomic E-state index is 12.5. The first-order valence-corrected chi connectivity index (χ1v) is 8.09. The second kappa shape index (κ2) is 5.34. The molecule has 0 bridgehead atoms. The molecule has 0 aliphatic heterocycles. The number of nitrogens with zero attached hydrogens (tertiary/aromatic N) is 1.